The first kappa shape index (κ1) is 17.3. The Kier molecular flexibility index (Phi) is 5.07. The number of fused-ring (bicyclic) bond motifs is 1. The summed E-state index contributed by atoms with van der Waals surface area (Å²) in [7, 11) is 0. The molecule has 7 nitrogen and oxygen atoms in total. The number of hydrogen-bond acceptors (Lipinski definition) is 4. The summed E-state index contributed by atoms with van der Waals surface area (Å²) in [6.45, 7) is -0.345. The molecule has 3 rings (SSSR count). The predicted octanol–water partition coefficient (Wildman–Crippen LogP) is 1.21. The van der Waals surface area contributed by atoms with Crippen molar-refractivity contribution in [3.63, 3.8) is 0 Å². The van der Waals surface area contributed by atoms with E-state index in [0.717, 1.165) is 10.2 Å². The minimum absolute atomic E-state index is 0.155. The van der Waals surface area contributed by atoms with Gasteiger partial charge in [0.2, 0.25) is 5.91 Å². The highest BCUT2D eigenvalue weighted by Gasteiger charge is 2.21. The Hall–Kier alpha value is -3.48. The number of carboxylic acid groups (broad SMARTS) is 1. The molecular weight excluding hydrogens is 334 g/mol. The van der Waals surface area contributed by atoms with Crippen molar-refractivity contribution >= 4 is 22.6 Å². The number of aliphatic carboxylic acids is 1. The summed E-state index contributed by atoms with van der Waals surface area (Å²) in [4.78, 5) is 36.0. The number of hydrogen-bond donors (Lipinski definition) is 2. The van der Waals surface area contributed by atoms with Crippen LogP contribution in [0.25, 0.3) is 10.8 Å². The van der Waals surface area contributed by atoms with Gasteiger partial charge in [-0.3, -0.25) is 9.59 Å². The number of carbonyl (C=O) groups is 2. The molecular formula is C19H17N3O4. The van der Waals surface area contributed by atoms with Gasteiger partial charge in [-0.2, -0.15) is 5.10 Å². The molecule has 1 amide bonds. The third-order valence-corrected chi connectivity index (χ3v) is 3.97. The number of benzene rings is 2. The minimum Gasteiger partial charge on any atom is -0.480 e. The topological polar surface area (TPSA) is 101 Å². The van der Waals surface area contributed by atoms with E-state index >= 15 is 0 Å². The Morgan fingerprint density at radius 3 is 2.50 bits per heavy atom. The molecule has 0 radical (unpaired) electrons. The highest BCUT2D eigenvalue weighted by atomic mass is 16.4. The molecule has 0 bridgehead atoms. The second-order valence-corrected chi connectivity index (χ2v) is 5.84. The van der Waals surface area contributed by atoms with Gasteiger partial charge in [0.05, 0.1) is 11.6 Å². The standard InChI is InChI=1S/C19H17N3O4/c23-17(21-16(19(25)26)10-13-6-2-1-3-7-13)12-22-18(24)15-9-5-4-8-14(15)11-20-22/h1-9,11,16H,10,12H2,(H,21,23)(H,25,26). The first-order valence-electron chi connectivity index (χ1n) is 8.05. The predicted molar refractivity (Wildman–Crippen MR) is 95.7 cm³/mol. The van der Waals surface area contributed by atoms with E-state index in [1.807, 2.05) is 6.07 Å². The molecule has 1 heterocycles. The molecule has 0 spiro atoms. The van der Waals surface area contributed by atoms with Crippen LogP contribution in [0.4, 0.5) is 0 Å². The number of aromatic nitrogens is 2. The summed E-state index contributed by atoms with van der Waals surface area (Å²) in [6, 6.07) is 14.9. The zero-order valence-corrected chi connectivity index (χ0v) is 13.8. The van der Waals surface area contributed by atoms with Crippen LogP contribution in [-0.4, -0.2) is 32.8 Å². The second kappa shape index (κ2) is 7.60. The number of carbonyl (C=O) groups excluding carboxylic acids is 1. The number of nitrogens with one attached hydrogen (secondary N) is 1. The lowest BCUT2D eigenvalue weighted by Gasteiger charge is -2.15. The van der Waals surface area contributed by atoms with Crippen molar-refractivity contribution in [2.45, 2.75) is 19.0 Å². The van der Waals surface area contributed by atoms with Crippen LogP contribution in [-0.2, 0) is 22.6 Å². The summed E-state index contributed by atoms with van der Waals surface area (Å²) in [5.74, 6) is -1.72. The van der Waals surface area contributed by atoms with E-state index in [-0.39, 0.29) is 13.0 Å². The van der Waals surface area contributed by atoms with Gasteiger partial charge >= 0.3 is 5.97 Å². The van der Waals surface area contributed by atoms with Gasteiger partial charge in [0, 0.05) is 11.8 Å². The number of carboxylic acids is 1. The highest BCUT2D eigenvalue weighted by molar-refractivity contribution is 5.84. The normalized spacial score (nSPS) is 11.8. The average molecular weight is 351 g/mol. The van der Waals surface area contributed by atoms with Gasteiger partial charge in [0.15, 0.2) is 0 Å². The van der Waals surface area contributed by atoms with Gasteiger partial charge in [-0.25, -0.2) is 9.48 Å². The summed E-state index contributed by atoms with van der Waals surface area (Å²) >= 11 is 0. The fourth-order valence-corrected chi connectivity index (χ4v) is 2.67. The van der Waals surface area contributed by atoms with E-state index < -0.39 is 23.5 Å². The SMILES string of the molecule is O=C(Cn1ncc2ccccc2c1=O)NC(Cc1ccccc1)C(=O)O. The van der Waals surface area contributed by atoms with Crippen LogP contribution < -0.4 is 10.9 Å². The van der Waals surface area contributed by atoms with Crippen molar-refractivity contribution in [3.05, 3.63) is 76.7 Å². The van der Waals surface area contributed by atoms with E-state index in [4.69, 9.17) is 0 Å². The molecule has 3 aromatic rings. The van der Waals surface area contributed by atoms with Crippen LogP contribution in [0.3, 0.4) is 0 Å². The molecule has 0 saturated carbocycles. The molecule has 0 fully saturated rings. The zero-order chi connectivity index (χ0) is 18.5. The quantitative estimate of drug-likeness (QED) is 0.695. The Morgan fingerprint density at radius 2 is 1.77 bits per heavy atom. The van der Waals surface area contributed by atoms with Crippen LogP contribution in [0.2, 0.25) is 0 Å². The van der Waals surface area contributed by atoms with Gasteiger partial charge in [0.1, 0.15) is 12.6 Å². The van der Waals surface area contributed by atoms with Crippen LogP contribution in [0.15, 0.2) is 65.6 Å². The van der Waals surface area contributed by atoms with Gasteiger partial charge in [-0.1, -0.05) is 48.5 Å². The maximum atomic E-state index is 12.4. The highest BCUT2D eigenvalue weighted by Crippen LogP contribution is 2.06. The first-order chi connectivity index (χ1) is 12.5. The maximum absolute atomic E-state index is 12.4. The summed E-state index contributed by atoms with van der Waals surface area (Å²) in [5.41, 5.74) is 0.398. The average Bonchev–Trinajstić information content (AvgIpc) is 2.64. The fourth-order valence-electron chi connectivity index (χ4n) is 2.67. The smallest absolute Gasteiger partial charge is 0.326 e. The number of rotatable bonds is 6. The van der Waals surface area contributed by atoms with Crippen LogP contribution in [0.5, 0.6) is 0 Å². The van der Waals surface area contributed by atoms with Gasteiger partial charge in [0.25, 0.3) is 5.56 Å². The molecule has 26 heavy (non-hydrogen) atoms. The third-order valence-electron chi connectivity index (χ3n) is 3.97. The Morgan fingerprint density at radius 1 is 1.08 bits per heavy atom. The molecule has 0 saturated heterocycles. The molecule has 0 aliphatic rings. The lowest BCUT2D eigenvalue weighted by molar-refractivity contribution is -0.141. The van der Waals surface area contributed by atoms with Crippen molar-refractivity contribution in [1.82, 2.24) is 15.1 Å². The molecule has 1 atom stereocenters. The summed E-state index contributed by atoms with van der Waals surface area (Å²) < 4.78 is 1.03. The van der Waals surface area contributed by atoms with Gasteiger partial charge in [-0.15, -0.1) is 0 Å². The van der Waals surface area contributed by atoms with E-state index in [2.05, 4.69) is 10.4 Å². The molecule has 1 unspecified atom stereocenters. The minimum atomic E-state index is -1.14. The van der Waals surface area contributed by atoms with Crippen LogP contribution in [0.1, 0.15) is 5.56 Å². The van der Waals surface area contributed by atoms with E-state index in [1.165, 1.54) is 6.20 Å². The van der Waals surface area contributed by atoms with Crippen LogP contribution >= 0.6 is 0 Å². The van der Waals surface area contributed by atoms with Gasteiger partial charge < -0.3 is 10.4 Å². The van der Waals surface area contributed by atoms with E-state index in [9.17, 15) is 19.5 Å². The van der Waals surface area contributed by atoms with Crippen molar-refractivity contribution in [3.8, 4) is 0 Å². The molecule has 132 valence electrons. The maximum Gasteiger partial charge on any atom is 0.326 e. The third kappa shape index (κ3) is 3.94. The van der Waals surface area contributed by atoms with Crippen molar-refractivity contribution in [2.75, 3.05) is 0 Å². The lowest BCUT2D eigenvalue weighted by atomic mass is 10.1. The molecule has 2 aromatic carbocycles. The van der Waals surface area contributed by atoms with Crippen molar-refractivity contribution < 1.29 is 14.7 Å². The Bertz CT molecular complexity index is 998. The molecule has 2 N–H and O–H groups in total. The largest absolute Gasteiger partial charge is 0.480 e. The molecule has 0 aliphatic carbocycles. The van der Waals surface area contributed by atoms with E-state index in [1.54, 1.807) is 48.5 Å². The zero-order valence-electron chi connectivity index (χ0n) is 13.8. The Balaban J connectivity index is 1.74. The molecule has 1 aromatic heterocycles. The lowest BCUT2D eigenvalue weighted by Crippen LogP contribution is -2.44. The molecule has 0 aliphatic heterocycles. The summed E-state index contributed by atoms with van der Waals surface area (Å²) in [6.07, 6.45) is 1.66. The number of nitrogens with zero attached hydrogens (tertiary/aromatic N) is 2. The van der Waals surface area contributed by atoms with Gasteiger partial charge in [-0.05, 0) is 11.6 Å². The van der Waals surface area contributed by atoms with Crippen molar-refractivity contribution in [1.29, 1.82) is 0 Å². The number of amides is 1. The first-order valence-corrected chi connectivity index (χ1v) is 8.05. The van der Waals surface area contributed by atoms with E-state index in [0.29, 0.717) is 10.8 Å². The second-order valence-electron chi connectivity index (χ2n) is 5.84. The Labute approximate surface area is 148 Å². The monoisotopic (exact) mass is 351 g/mol. The molecule has 7 heteroatoms. The van der Waals surface area contributed by atoms with Crippen LogP contribution in [0, 0.1) is 0 Å². The summed E-state index contributed by atoms with van der Waals surface area (Å²) in [5, 5.41) is 16.9. The fraction of sp³-hybridized carbons (Fsp3) is 0.158. The van der Waals surface area contributed by atoms with Crippen molar-refractivity contribution in [2.24, 2.45) is 0 Å².